The quantitative estimate of drug-likeness (QED) is 0.578. The monoisotopic (exact) mass is 232 g/mol. The summed E-state index contributed by atoms with van der Waals surface area (Å²) >= 11 is 0. The maximum Gasteiger partial charge on any atom is 0.329 e. The number of azo groups is 1. The molecule has 90 valence electrons. The van der Waals surface area contributed by atoms with Gasteiger partial charge in [0.25, 0.3) is 0 Å². The molecule has 1 aromatic carbocycles. The summed E-state index contributed by atoms with van der Waals surface area (Å²) < 4.78 is 4.76. The van der Waals surface area contributed by atoms with E-state index in [9.17, 15) is 4.79 Å². The van der Waals surface area contributed by atoms with Crippen LogP contribution in [-0.2, 0) is 9.53 Å². The van der Waals surface area contributed by atoms with E-state index >= 15 is 0 Å². The van der Waals surface area contributed by atoms with Crippen molar-refractivity contribution in [2.45, 2.75) is 25.3 Å². The second-order valence-corrected chi connectivity index (χ2v) is 4.04. The van der Waals surface area contributed by atoms with Crippen LogP contribution in [0.5, 0.6) is 0 Å². The number of hydrogen-bond acceptors (Lipinski definition) is 4. The lowest BCUT2D eigenvalue weighted by molar-refractivity contribution is -0.141. The summed E-state index contributed by atoms with van der Waals surface area (Å²) in [6, 6.07) is 10.5. The number of hydrogen-bond donors (Lipinski definition) is 0. The van der Waals surface area contributed by atoms with Crippen molar-refractivity contribution in [2.24, 2.45) is 10.2 Å². The third kappa shape index (κ3) is 3.37. The molecule has 0 heterocycles. The van der Waals surface area contributed by atoms with E-state index in [2.05, 4.69) is 22.4 Å². The van der Waals surface area contributed by atoms with Gasteiger partial charge < -0.3 is 4.74 Å². The van der Waals surface area contributed by atoms with Crippen LogP contribution >= 0.6 is 0 Å². The van der Waals surface area contributed by atoms with Crippen molar-refractivity contribution < 1.29 is 9.53 Å². The van der Waals surface area contributed by atoms with Crippen LogP contribution in [-0.4, -0.2) is 25.2 Å². The molecule has 2 rings (SSSR count). The highest BCUT2D eigenvalue weighted by atomic mass is 16.5. The summed E-state index contributed by atoms with van der Waals surface area (Å²) in [6.45, 7) is 2.21. The molecule has 0 amide bonds. The van der Waals surface area contributed by atoms with Gasteiger partial charge in [-0.1, -0.05) is 30.3 Å². The first kappa shape index (κ1) is 11.8. The molecule has 4 nitrogen and oxygen atoms in total. The molecule has 1 aromatic rings. The summed E-state index contributed by atoms with van der Waals surface area (Å²) in [5, 5.41) is 8.02. The first-order valence-corrected chi connectivity index (χ1v) is 5.88. The lowest BCUT2D eigenvalue weighted by atomic mass is 10.1. The standard InChI is InChI=1S/C13H16N2O2/c1-2-17-13(16)9-14-15-12-8-11(12)10-6-4-3-5-7-10/h3-7,11-12H,2,8-9H2,1H3/t11-,12-/m1/s1. The Balaban J connectivity index is 1.76. The van der Waals surface area contributed by atoms with Crippen LogP contribution in [0.15, 0.2) is 40.6 Å². The van der Waals surface area contributed by atoms with Crippen LogP contribution in [0.3, 0.4) is 0 Å². The predicted octanol–water partition coefficient (Wildman–Crippen LogP) is 2.56. The van der Waals surface area contributed by atoms with Gasteiger partial charge in [-0.3, -0.25) is 0 Å². The van der Waals surface area contributed by atoms with Gasteiger partial charge in [-0.25, -0.2) is 4.79 Å². The Morgan fingerprint density at radius 3 is 2.88 bits per heavy atom. The Hall–Kier alpha value is -1.71. The SMILES string of the molecule is CCOC(=O)CN=N[C@@H]1C[C@@H]1c1ccccc1. The highest BCUT2D eigenvalue weighted by molar-refractivity contribution is 5.71. The first-order chi connectivity index (χ1) is 8.31. The first-order valence-electron chi connectivity index (χ1n) is 5.88. The zero-order valence-corrected chi connectivity index (χ0v) is 9.87. The molecule has 0 radical (unpaired) electrons. The number of esters is 1. The Morgan fingerprint density at radius 1 is 1.41 bits per heavy atom. The van der Waals surface area contributed by atoms with Crippen molar-refractivity contribution >= 4 is 5.97 Å². The molecule has 1 aliphatic rings. The normalized spacial score (nSPS) is 22.6. The molecule has 0 aliphatic heterocycles. The number of nitrogens with zero attached hydrogens (tertiary/aromatic N) is 2. The molecule has 0 aromatic heterocycles. The fraction of sp³-hybridized carbons (Fsp3) is 0.462. The topological polar surface area (TPSA) is 51.0 Å². The van der Waals surface area contributed by atoms with Crippen LogP contribution in [0.2, 0.25) is 0 Å². The molecule has 1 aliphatic carbocycles. The number of benzene rings is 1. The van der Waals surface area contributed by atoms with Crippen molar-refractivity contribution in [3.05, 3.63) is 35.9 Å². The lowest BCUT2D eigenvalue weighted by Crippen LogP contribution is -2.07. The van der Waals surface area contributed by atoms with Gasteiger partial charge in [0.1, 0.15) is 0 Å². The van der Waals surface area contributed by atoms with Crippen molar-refractivity contribution in [2.75, 3.05) is 13.2 Å². The van der Waals surface area contributed by atoms with E-state index in [0.717, 1.165) is 6.42 Å². The number of rotatable bonds is 5. The van der Waals surface area contributed by atoms with E-state index < -0.39 is 0 Å². The average Bonchev–Trinajstić information content (AvgIpc) is 3.10. The minimum atomic E-state index is -0.312. The van der Waals surface area contributed by atoms with E-state index in [1.807, 2.05) is 18.2 Å². The van der Waals surface area contributed by atoms with Gasteiger partial charge in [-0.15, -0.1) is 0 Å². The summed E-state index contributed by atoms with van der Waals surface area (Å²) in [4.78, 5) is 11.0. The van der Waals surface area contributed by atoms with Gasteiger partial charge in [-0.2, -0.15) is 10.2 Å². The third-order valence-electron chi connectivity index (χ3n) is 2.72. The lowest BCUT2D eigenvalue weighted by Gasteiger charge is -1.97. The molecule has 0 unspecified atom stereocenters. The van der Waals surface area contributed by atoms with Gasteiger partial charge >= 0.3 is 5.97 Å². The molecular weight excluding hydrogens is 216 g/mol. The highest BCUT2D eigenvalue weighted by Gasteiger charge is 2.38. The minimum Gasteiger partial charge on any atom is -0.465 e. The van der Waals surface area contributed by atoms with Crippen molar-refractivity contribution in [1.82, 2.24) is 0 Å². The maximum absolute atomic E-state index is 11.0. The van der Waals surface area contributed by atoms with Gasteiger partial charge in [0, 0.05) is 5.92 Å². The second-order valence-electron chi connectivity index (χ2n) is 4.04. The fourth-order valence-electron chi connectivity index (χ4n) is 1.78. The predicted molar refractivity (Wildman–Crippen MR) is 63.9 cm³/mol. The highest BCUT2D eigenvalue weighted by Crippen LogP contribution is 2.43. The van der Waals surface area contributed by atoms with Gasteiger partial charge in [0.05, 0.1) is 12.6 Å². The van der Waals surface area contributed by atoms with Crippen LogP contribution in [0.25, 0.3) is 0 Å². The molecular formula is C13H16N2O2. The third-order valence-corrected chi connectivity index (χ3v) is 2.72. The molecule has 17 heavy (non-hydrogen) atoms. The van der Waals surface area contributed by atoms with E-state index in [1.54, 1.807) is 6.92 Å². The van der Waals surface area contributed by atoms with Crippen molar-refractivity contribution in [3.63, 3.8) is 0 Å². The number of ether oxygens (including phenoxy) is 1. The van der Waals surface area contributed by atoms with E-state index in [1.165, 1.54) is 5.56 Å². The number of carbonyl (C=O) groups excluding carboxylic acids is 1. The molecule has 2 atom stereocenters. The molecule has 1 fully saturated rings. The van der Waals surface area contributed by atoms with Crippen LogP contribution < -0.4 is 0 Å². The summed E-state index contributed by atoms with van der Waals surface area (Å²) in [6.07, 6.45) is 1.02. The van der Waals surface area contributed by atoms with Gasteiger partial charge in [0.15, 0.2) is 6.54 Å². The van der Waals surface area contributed by atoms with E-state index in [4.69, 9.17) is 4.74 Å². The summed E-state index contributed by atoms with van der Waals surface area (Å²) in [5.74, 6) is 0.162. The molecule has 0 bridgehead atoms. The smallest absolute Gasteiger partial charge is 0.329 e. The molecule has 0 spiro atoms. The minimum absolute atomic E-state index is 0.0336. The largest absolute Gasteiger partial charge is 0.465 e. The van der Waals surface area contributed by atoms with E-state index in [0.29, 0.717) is 12.5 Å². The Kier molecular flexibility index (Phi) is 3.85. The fourth-order valence-corrected chi connectivity index (χ4v) is 1.78. The van der Waals surface area contributed by atoms with Crippen LogP contribution in [0.4, 0.5) is 0 Å². The summed E-state index contributed by atoms with van der Waals surface area (Å²) in [5.41, 5.74) is 1.30. The van der Waals surface area contributed by atoms with Crippen LogP contribution in [0, 0.1) is 0 Å². The van der Waals surface area contributed by atoms with E-state index in [-0.39, 0.29) is 18.6 Å². The second kappa shape index (κ2) is 5.57. The Morgan fingerprint density at radius 2 is 2.18 bits per heavy atom. The zero-order valence-electron chi connectivity index (χ0n) is 9.87. The Labute approximate surface area is 101 Å². The van der Waals surface area contributed by atoms with Crippen molar-refractivity contribution in [1.29, 1.82) is 0 Å². The number of carbonyl (C=O) groups is 1. The summed E-state index contributed by atoms with van der Waals surface area (Å²) in [7, 11) is 0. The van der Waals surface area contributed by atoms with Gasteiger partial charge in [-0.05, 0) is 18.9 Å². The zero-order chi connectivity index (χ0) is 12.1. The maximum atomic E-state index is 11.0. The molecule has 4 heteroatoms. The van der Waals surface area contributed by atoms with Crippen molar-refractivity contribution in [3.8, 4) is 0 Å². The molecule has 0 N–H and O–H groups in total. The Bertz CT molecular complexity index is 403. The van der Waals surface area contributed by atoms with Gasteiger partial charge in [0.2, 0.25) is 0 Å². The molecule has 0 saturated heterocycles. The average molecular weight is 232 g/mol. The van der Waals surface area contributed by atoms with Crippen LogP contribution in [0.1, 0.15) is 24.8 Å². The molecule has 1 saturated carbocycles.